The van der Waals surface area contributed by atoms with Gasteiger partial charge >= 0.3 is 5.97 Å². The summed E-state index contributed by atoms with van der Waals surface area (Å²) in [6.45, 7) is 1.53. The number of hydrogen-bond acceptors (Lipinski definition) is 3. The number of carboxylic acids is 1. The number of nitrogens with zero attached hydrogens (tertiary/aromatic N) is 1. The quantitative estimate of drug-likeness (QED) is 0.844. The lowest BCUT2D eigenvalue weighted by Crippen LogP contribution is -2.45. The van der Waals surface area contributed by atoms with Gasteiger partial charge in [-0.1, -0.05) is 19.1 Å². The van der Waals surface area contributed by atoms with Gasteiger partial charge in [-0.2, -0.15) is 5.26 Å². The third kappa shape index (κ3) is 3.78. The number of carboxylic acid groups (broad SMARTS) is 1. The van der Waals surface area contributed by atoms with Crippen LogP contribution in [0.25, 0.3) is 0 Å². The predicted octanol–water partition coefficient (Wildman–Crippen LogP) is 1.56. The number of benzene rings is 1. The molecule has 1 aromatic rings. The third-order valence-corrected chi connectivity index (χ3v) is 2.65. The Balaban J connectivity index is 2.87. The van der Waals surface area contributed by atoms with Crippen molar-refractivity contribution in [1.82, 2.24) is 5.32 Å². The minimum absolute atomic E-state index is 0.0193. The van der Waals surface area contributed by atoms with Crippen LogP contribution in [0.1, 0.15) is 23.7 Å². The number of carbonyl (C=O) groups is 2. The van der Waals surface area contributed by atoms with Crippen LogP contribution in [0.3, 0.4) is 0 Å². The van der Waals surface area contributed by atoms with Gasteiger partial charge in [0.2, 0.25) is 0 Å². The number of hydrogen-bond donors (Lipinski definition) is 2. The molecule has 1 rings (SSSR count). The highest BCUT2D eigenvalue weighted by Crippen LogP contribution is 2.11. The molecular formula is C13H13FN2O3. The molecule has 6 heteroatoms. The molecule has 5 nitrogen and oxygen atoms in total. The second kappa shape index (κ2) is 6.50. The molecule has 0 aromatic heterocycles. The van der Waals surface area contributed by atoms with Gasteiger partial charge in [0.05, 0.1) is 11.6 Å². The maximum Gasteiger partial charge on any atom is 0.326 e. The Labute approximate surface area is 109 Å². The first-order valence-electron chi connectivity index (χ1n) is 5.62. The summed E-state index contributed by atoms with van der Waals surface area (Å²) in [6, 6.07) is 5.89. The van der Waals surface area contributed by atoms with Crippen LogP contribution in [-0.2, 0) is 4.79 Å². The van der Waals surface area contributed by atoms with Crippen molar-refractivity contribution in [3.05, 3.63) is 35.6 Å². The van der Waals surface area contributed by atoms with Crippen LogP contribution < -0.4 is 5.32 Å². The van der Waals surface area contributed by atoms with E-state index in [9.17, 15) is 14.0 Å². The number of rotatable bonds is 5. The maximum absolute atomic E-state index is 13.4. The molecule has 0 unspecified atom stereocenters. The lowest BCUT2D eigenvalue weighted by atomic mass is 9.98. The van der Waals surface area contributed by atoms with Gasteiger partial charge in [0.25, 0.3) is 5.91 Å². The topological polar surface area (TPSA) is 90.2 Å². The molecule has 0 bridgehead atoms. The van der Waals surface area contributed by atoms with Gasteiger partial charge < -0.3 is 10.4 Å². The molecule has 0 saturated carbocycles. The van der Waals surface area contributed by atoms with E-state index in [1.807, 2.05) is 6.07 Å². The fourth-order valence-electron chi connectivity index (χ4n) is 1.57. The van der Waals surface area contributed by atoms with Crippen molar-refractivity contribution in [2.45, 2.75) is 19.4 Å². The van der Waals surface area contributed by atoms with Crippen LogP contribution >= 0.6 is 0 Å². The summed E-state index contributed by atoms with van der Waals surface area (Å²) in [6.07, 6.45) is -0.0193. The number of amides is 1. The number of nitriles is 1. The van der Waals surface area contributed by atoms with Crippen LogP contribution in [-0.4, -0.2) is 23.0 Å². The normalized spacial score (nSPS) is 13.1. The Morgan fingerprint density at radius 2 is 2.11 bits per heavy atom. The Kier molecular flexibility index (Phi) is 5.01. The highest BCUT2D eigenvalue weighted by Gasteiger charge is 2.27. The van der Waals surface area contributed by atoms with Crippen LogP contribution in [0.4, 0.5) is 4.39 Å². The summed E-state index contributed by atoms with van der Waals surface area (Å²) in [5.41, 5.74) is -0.224. The third-order valence-electron chi connectivity index (χ3n) is 2.65. The molecule has 0 aliphatic rings. The van der Waals surface area contributed by atoms with Crippen LogP contribution in [0.5, 0.6) is 0 Å². The highest BCUT2D eigenvalue weighted by molar-refractivity contribution is 5.96. The van der Waals surface area contributed by atoms with Crippen molar-refractivity contribution in [2.75, 3.05) is 0 Å². The van der Waals surface area contributed by atoms with Gasteiger partial charge in [-0.15, -0.1) is 0 Å². The van der Waals surface area contributed by atoms with E-state index < -0.39 is 29.7 Å². The SMILES string of the molecule is C[C@H](CC#N)[C@@H](NC(=O)c1ccccc1F)C(=O)O. The van der Waals surface area contributed by atoms with Gasteiger partial charge in [-0.3, -0.25) is 4.79 Å². The van der Waals surface area contributed by atoms with Crippen molar-refractivity contribution in [3.8, 4) is 6.07 Å². The average Bonchev–Trinajstić information content (AvgIpc) is 2.36. The van der Waals surface area contributed by atoms with Crippen molar-refractivity contribution >= 4 is 11.9 Å². The molecule has 19 heavy (non-hydrogen) atoms. The summed E-state index contributed by atoms with van der Waals surface area (Å²) in [7, 11) is 0. The lowest BCUT2D eigenvalue weighted by molar-refractivity contribution is -0.140. The largest absolute Gasteiger partial charge is 0.480 e. The van der Waals surface area contributed by atoms with E-state index in [1.54, 1.807) is 0 Å². The van der Waals surface area contributed by atoms with Gasteiger partial charge in [-0.25, -0.2) is 9.18 Å². The smallest absolute Gasteiger partial charge is 0.326 e. The summed E-state index contributed by atoms with van der Waals surface area (Å²) in [5, 5.41) is 19.8. The summed E-state index contributed by atoms with van der Waals surface area (Å²) >= 11 is 0. The summed E-state index contributed by atoms with van der Waals surface area (Å²) in [4.78, 5) is 22.8. The minimum atomic E-state index is -1.26. The van der Waals surface area contributed by atoms with Gasteiger partial charge in [-0.05, 0) is 12.1 Å². The van der Waals surface area contributed by atoms with Crippen molar-refractivity contribution < 1.29 is 19.1 Å². The van der Waals surface area contributed by atoms with E-state index >= 15 is 0 Å². The Morgan fingerprint density at radius 1 is 1.47 bits per heavy atom. The van der Waals surface area contributed by atoms with E-state index in [0.717, 1.165) is 6.07 Å². The van der Waals surface area contributed by atoms with E-state index in [4.69, 9.17) is 10.4 Å². The molecule has 100 valence electrons. The van der Waals surface area contributed by atoms with Crippen LogP contribution in [0.15, 0.2) is 24.3 Å². The van der Waals surface area contributed by atoms with Gasteiger partial charge in [0.15, 0.2) is 0 Å². The molecule has 0 saturated heterocycles. The molecule has 1 amide bonds. The number of carbonyl (C=O) groups excluding carboxylic acids is 1. The second-order valence-electron chi connectivity index (χ2n) is 4.11. The molecular weight excluding hydrogens is 251 g/mol. The molecule has 0 spiro atoms. The minimum Gasteiger partial charge on any atom is -0.480 e. The predicted molar refractivity (Wildman–Crippen MR) is 64.7 cm³/mol. The zero-order valence-corrected chi connectivity index (χ0v) is 10.3. The fourth-order valence-corrected chi connectivity index (χ4v) is 1.57. The molecule has 0 fully saturated rings. The maximum atomic E-state index is 13.4. The standard InChI is InChI=1S/C13H13FN2O3/c1-8(6-7-15)11(13(18)19)16-12(17)9-4-2-3-5-10(9)14/h2-5,8,11H,6H2,1H3,(H,16,17)(H,18,19)/t8-,11-/m1/s1. The van der Waals surface area contributed by atoms with Gasteiger partial charge in [0.1, 0.15) is 11.9 Å². The number of aliphatic carboxylic acids is 1. The highest BCUT2D eigenvalue weighted by atomic mass is 19.1. The zero-order chi connectivity index (χ0) is 14.4. The Hall–Kier alpha value is -2.42. The average molecular weight is 264 g/mol. The first-order valence-corrected chi connectivity index (χ1v) is 5.62. The first-order chi connectivity index (χ1) is 8.97. The number of halogens is 1. The van der Waals surface area contributed by atoms with Crippen LogP contribution in [0, 0.1) is 23.1 Å². The molecule has 0 radical (unpaired) electrons. The van der Waals surface area contributed by atoms with Crippen molar-refractivity contribution in [3.63, 3.8) is 0 Å². The van der Waals surface area contributed by atoms with Crippen molar-refractivity contribution in [1.29, 1.82) is 5.26 Å². The molecule has 1 aromatic carbocycles. The Morgan fingerprint density at radius 3 is 2.63 bits per heavy atom. The molecule has 0 aliphatic carbocycles. The first kappa shape index (κ1) is 14.6. The van der Waals surface area contributed by atoms with E-state index in [0.29, 0.717) is 0 Å². The molecule has 0 heterocycles. The molecule has 2 atom stereocenters. The van der Waals surface area contributed by atoms with E-state index in [2.05, 4.69) is 5.32 Å². The summed E-state index contributed by atoms with van der Waals surface area (Å²) < 4.78 is 13.4. The second-order valence-corrected chi connectivity index (χ2v) is 4.11. The van der Waals surface area contributed by atoms with E-state index in [-0.39, 0.29) is 12.0 Å². The number of nitrogens with one attached hydrogen (secondary N) is 1. The van der Waals surface area contributed by atoms with Gasteiger partial charge in [0, 0.05) is 12.3 Å². The van der Waals surface area contributed by atoms with Crippen LogP contribution in [0.2, 0.25) is 0 Å². The molecule has 2 N–H and O–H groups in total. The van der Waals surface area contributed by atoms with Crippen molar-refractivity contribution in [2.24, 2.45) is 5.92 Å². The monoisotopic (exact) mass is 264 g/mol. The van der Waals surface area contributed by atoms with E-state index in [1.165, 1.54) is 25.1 Å². The lowest BCUT2D eigenvalue weighted by Gasteiger charge is -2.19. The summed E-state index contributed by atoms with van der Waals surface area (Å²) in [5.74, 6) is -3.36. The molecule has 0 aliphatic heterocycles. The zero-order valence-electron chi connectivity index (χ0n) is 10.3. The fraction of sp³-hybridized carbons (Fsp3) is 0.308. The Bertz CT molecular complexity index is 525.